The topological polar surface area (TPSA) is 124 Å². The first-order valence-electron chi connectivity index (χ1n) is 16.1. The van der Waals surface area contributed by atoms with Gasteiger partial charge in [0, 0.05) is 0 Å². The summed E-state index contributed by atoms with van der Waals surface area (Å²) in [6, 6.07) is -1.24. The number of nitrogens with one attached hydrogen (secondary N) is 1. The minimum atomic E-state index is -4.43. The summed E-state index contributed by atoms with van der Waals surface area (Å²) in [6.45, 7) is 4.39. The molecule has 0 spiro atoms. The van der Waals surface area contributed by atoms with Gasteiger partial charge in [0.05, 0.1) is 17.9 Å². The predicted octanol–water partition coefficient (Wildman–Crippen LogP) is 7.43. The van der Waals surface area contributed by atoms with E-state index in [0.717, 1.165) is 44.9 Å². The second kappa shape index (κ2) is 26.7. The Hall–Kier alpha value is -1.22. The number of carbonyl (C=O) groups excluding carboxylic acids is 1. The lowest BCUT2D eigenvalue weighted by Crippen LogP contribution is -2.50. The van der Waals surface area contributed by atoms with E-state index in [9.17, 15) is 28.0 Å². The number of allylic oxidation sites excluding steroid dienone is 3. The van der Waals surface area contributed by atoms with Gasteiger partial charge in [-0.3, -0.25) is 9.35 Å². The molecule has 0 aliphatic heterocycles. The molecule has 0 saturated carbocycles. The highest BCUT2D eigenvalue weighted by Crippen LogP contribution is 2.14. The number of amides is 1. The first kappa shape index (κ1) is 38.8. The fourth-order valence-corrected chi connectivity index (χ4v) is 5.43. The summed E-state index contributed by atoms with van der Waals surface area (Å²) in [7, 11) is -4.43. The normalized spacial score (nSPS) is 14.6. The van der Waals surface area contributed by atoms with Crippen LogP contribution in [0.3, 0.4) is 0 Å². The zero-order valence-corrected chi connectivity index (χ0v) is 26.4. The van der Waals surface area contributed by atoms with Crippen LogP contribution in [0.4, 0.5) is 0 Å². The molecule has 4 N–H and O–H groups in total. The Morgan fingerprint density at radius 2 is 1.12 bits per heavy atom. The van der Waals surface area contributed by atoms with Crippen molar-refractivity contribution in [1.82, 2.24) is 5.32 Å². The van der Waals surface area contributed by atoms with Crippen LogP contribution < -0.4 is 5.32 Å². The summed E-state index contributed by atoms with van der Waals surface area (Å²) in [6.07, 6.45) is 28.3. The van der Waals surface area contributed by atoms with Crippen LogP contribution in [0.1, 0.15) is 149 Å². The largest absolute Gasteiger partial charge is 0.387 e. The van der Waals surface area contributed by atoms with Crippen LogP contribution in [0, 0.1) is 0 Å². The summed E-state index contributed by atoms with van der Waals surface area (Å²) < 4.78 is 32.1. The highest BCUT2D eigenvalue weighted by Gasteiger charge is 2.27. The maximum Gasteiger partial charge on any atom is 0.267 e. The van der Waals surface area contributed by atoms with Gasteiger partial charge in [-0.25, -0.2) is 0 Å². The van der Waals surface area contributed by atoms with Crippen LogP contribution in [0.25, 0.3) is 0 Å². The van der Waals surface area contributed by atoms with Gasteiger partial charge in [-0.05, 0) is 25.7 Å². The molecular formula is C32H61NO6S. The molecule has 0 heterocycles. The van der Waals surface area contributed by atoms with E-state index < -0.39 is 40.0 Å². The standard InChI is InChI=1S/C32H61NO6S/c1-3-5-7-9-11-13-14-15-16-17-18-19-21-23-25-27-31(35)32(36)33-29(28-40(37,38)39)30(34)26-24-22-20-12-10-8-6-4-2/h10,12,24,26,29-31,34-35H,3-9,11,13-23,25,27-28H2,1-2H3,(H,33,36)(H,37,38,39)/b12-10+,26-24+. The fourth-order valence-electron chi connectivity index (χ4n) is 4.69. The van der Waals surface area contributed by atoms with Gasteiger partial charge in [0.25, 0.3) is 10.1 Å². The Morgan fingerprint density at radius 1 is 0.675 bits per heavy atom. The quantitative estimate of drug-likeness (QED) is 0.0429. The second-order valence-electron chi connectivity index (χ2n) is 11.2. The summed E-state index contributed by atoms with van der Waals surface area (Å²) in [5.41, 5.74) is 0. The Labute approximate surface area is 246 Å². The van der Waals surface area contributed by atoms with E-state index in [2.05, 4.69) is 31.3 Å². The average Bonchev–Trinajstić information content (AvgIpc) is 2.90. The fraction of sp³-hybridized carbons (Fsp3) is 0.844. The molecule has 7 nitrogen and oxygen atoms in total. The molecule has 0 aliphatic carbocycles. The molecule has 0 rings (SSSR count). The van der Waals surface area contributed by atoms with Crippen molar-refractivity contribution in [1.29, 1.82) is 0 Å². The SMILES string of the molecule is CCCC/C=C/CC/C=C/C(O)C(CS(=O)(=O)O)NC(=O)C(O)CCCCCCCCCCCCCCCCC. The van der Waals surface area contributed by atoms with Crippen molar-refractivity contribution in [2.75, 3.05) is 5.75 Å². The molecule has 236 valence electrons. The summed E-state index contributed by atoms with van der Waals surface area (Å²) >= 11 is 0. The molecule has 0 bridgehead atoms. The lowest BCUT2D eigenvalue weighted by atomic mass is 10.0. The van der Waals surface area contributed by atoms with E-state index >= 15 is 0 Å². The Morgan fingerprint density at radius 3 is 1.62 bits per heavy atom. The molecule has 8 heteroatoms. The number of hydrogen-bond acceptors (Lipinski definition) is 5. The van der Waals surface area contributed by atoms with E-state index in [4.69, 9.17) is 0 Å². The molecule has 0 aromatic rings. The van der Waals surface area contributed by atoms with Crippen LogP contribution >= 0.6 is 0 Å². The third kappa shape index (κ3) is 25.7. The molecular weight excluding hydrogens is 526 g/mol. The van der Waals surface area contributed by atoms with Gasteiger partial charge < -0.3 is 15.5 Å². The summed E-state index contributed by atoms with van der Waals surface area (Å²) in [4.78, 5) is 12.4. The van der Waals surface area contributed by atoms with Gasteiger partial charge in [-0.1, -0.05) is 147 Å². The minimum Gasteiger partial charge on any atom is -0.387 e. The second-order valence-corrected chi connectivity index (χ2v) is 12.7. The molecule has 3 atom stereocenters. The van der Waals surface area contributed by atoms with Gasteiger partial charge in [0.2, 0.25) is 5.91 Å². The van der Waals surface area contributed by atoms with Crippen molar-refractivity contribution in [3.63, 3.8) is 0 Å². The van der Waals surface area contributed by atoms with Crippen LogP contribution in [-0.2, 0) is 14.9 Å². The molecule has 0 radical (unpaired) electrons. The van der Waals surface area contributed by atoms with Crippen molar-refractivity contribution in [2.45, 2.75) is 167 Å². The van der Waals surface area contributed by atoms with E-state index in [-0.39, 0.29) is 6.42 Å². The van der Waals surface area contributed by atoms with Crippen molar-refractivity contribution < 1.29 is 28.0 Å². The van der Waals surface area contributed by atoms with Gasteiger partial charge in [-0.15, -0.1) is 0 Å². The number of unbranched alkanes of at least 4 members (excludes halogenated alkanes) is 17. The smallest absolute Gasteiger partial charge is 0.267 e. The molecule has 0 aromatic heterocycles. The van der Waals surface area contributed by atoms with Crippen LogP contribution in [0.5, 0.6) is 0 Å². The zero-order chi connectivity index (χ0) is 29.9. The highest BCUT2D eigenvalue weighted by atomic mass is 32.2. The third-order valence-electron chi connectivity index (χ3n) is 7.24. The van der Waals surface area contributed by atoms with E-state index in [1.54, 1.807) is 6.08 Å². The Bertz CT molecular complexity index is 753. The number of carbonyl (C=O) groups is 1. The third-order valence-corrected chi connectivity index (χ3v) is 8.02. The van der Waals surface area contributed by atoms with Gasteiger partial charge >= 0.3 is 0 Å². The highest BCUT2D eigenvalue weighted by molar-refractivity contribution is 7.85. The molecule has 40 heavy (non-hydrogen) atoms. The maximum atomic E-state index is 12.4. The summed E-state index contributed by atoms with van der Waals surface area (Å²) in [5.74, 6) is -1.56. The van der Waals surface area contributed by atoms with E-state index in [0.29, 0.717) is 12.8 Å². The van der Waals surface area contributed by atoms with E-state index in [1.807, 2.05) is 0 Å². The van der Waals surface area contributed by atoms with Crippen molar-refractivity contribution in [3.8, 4) is 0 Å². The molecule has 0 aromatic carbocycles. The van der Waals surface area contributed by atoms with Gasteiger partial charge in [0.15, 0.2) is 0 Å². The number of aliphatic hydroxyl groups excluding tert-OH is 2. The van der Waals surface area contributed by atoms with Crippen molar-refractivity contribution >= 4 is 16.0 Å². The first-order valence-corrected chi connectivity index (χ1v) is 17.8. The molecule has 0 aliphatic rings. The van der Waals surface area contributed by atoms with Gasteiger partial charge in [-0.2, -0.15) is 8.42 Å². The van der Waals surface area contributed by atoms with Crippen LogP contribution in [0.2, 0.25) is 0 Å². The van der Waals surface area contributed by atoms with Crippen LogP contribution in [-0.4, -0.2) is 53.1 Å². The van der Waals surface area contributed by atoms with Crippen molar-refractivity contribution in [2.24, 2.45) is 0 Å². The van der Waals surface area contributed by atoms with Crippen LogP contribution in [0.15, 0.2) is 24.3 Å². The average molecular weight is 588 g/mol. The number of hydrogen-bond donors (Lipinski definition) is 4. The molecule has 1 amide bonds. The molecule has 0 fully saturated rings. The van der Waals surface area contributed by atoms with E-state index in [1.165, 1.54) is 76.7 Å². The first-order chi connectivity index (χ1) is 19.2. The Balaban J connectivity index is 4.13. The zero-order valence-electron chi connectivity index (χ0n) is 25.6. The predicted molar refractivity (Wildman–Crippen MR) is 167 cm³/mol. The number of aliphatic hydroxyl groups is 2. The molecule has 3 unspecified atom stereocenters. The maximum absolute atomic E-state index is 12.4. The molecule has 0 saturated heterocycles. The summed E-state index contributed by atoms with van der Waals surface area (Å²) in [5, 5.41) is 23.1. The minimum absolute atomic E-state index is 0.277. The van der Waals surface area contributed by atoms with Gasteiger partial charge in [0.1, 0.15) is 6.10 Å². The number of rotatable bonds is 28. The lowest BCUT2D eigenvalue weighted by molar-refractivity contribution is -0.130. The van der Waals surface area contributed by atoms with Crippen molar-refractivity contribution in [3.05, 3.63) is 24.3 Å². The monoisotopic (exact) mass is 587 g/mol. The lowest BCUT2D eigenvalue weighted by Gasteiger charge is -2.22. The Kier molecular flexibility index (Phi) is 25.9.